The standard InChI is InChI=1S/C17H18F2N2S2/c1-12-4-2-3-5-13(12)11-23-9-8-20-17(22)21-14-6-7-15(18)16(19)10-14/h2-7,10H,8-9,11H2,1H3,(H2,20,21,22). The molecule has 0 saturated heterocycles. The summed E-state index contributed by atoms with van der Waals surface area (Å²) in [7, 11) is 0. The quantitative estimate of drug-likeness (QED) is 0.591. The molecule has 0 unspecified atom stereocenters. The molecule has 2 nitrogen and oxygen atoms in total. The van der Waals surface area contributed by atoms with Crippen molar-refractivity contribution < 1.29 is 8.78 Å². The van der Waals surface area contributed by atoms with E-state index in [0.717, 1.165) is 23.6 Å². The second kappa shape index (κ2) is 8.84. The van der Waals surface area contributed by atoms with Crippen LogP contribution in [0.25, 0.3) is 0 Å². The van der Waals surface area contributed by atoms with E-state index < -0.39 is 11.6 Å². The van der Waals surface area contributed by atoms with Crippen LogP contribution in [-0.4, -0.2) is 17.4 Å². The van der Waals surface area contributed by atoms with E-state index in [1.807, 2.05) is 23.9 Å². The lowest BCUT2D eigenvalue weighted by molar-refractivity contribution is 0.509. The molecular weight excluding hydrogens is 334 g/mol. The topological polar surface area (TPSA) is 24.1 Å². The Morgan fingerprint density at radius 2 is 1.91 bits per heavy atom. The van der Waals surface area contributed by atoms with Gasteiger partial charge in [0, 0.05) is 29.8 Å². The molecule has 0 heterocycles. The molecule has 23 heavy (non-hydrogen) atoms. The molecule has 0 spiro atoms. The Morgan fingerprint density at radius 3 is 2.65 bits per heavy atom. The first-order chi connectivity index (χ1) is 11.1. The van der Waals surface area contributed by atoms with Crippen LogP contribution in [0.2, 0.25) is 0 Å². The number of hydrogen-bond donors (Lipinski definition) is 2. The first-order valence-corrected chi connectivity index (χ1v) is 8.74. The number of halogens is 2. The SMILES string of the molecule is Cc1ccccc1CSCCNC(=S)Nc1ccc(F)c(F)c1. The van der Waals surface area contributed by atoms with E-state index in [0.29, 0.717) is 17.3 Å². The van der Waals surface area contributed by atoms with Gasteiger partial charge in [0.2, 0.25) is 0 Å². The molecule has 6 heteroatoms. The third kappa shape index (κ3) is 5.80. The molecule has 2 aromatic carbocycles. The van der Waals surface area contributed by atoms with E-state index >= 15 is 0 Å². The maximum atomic E-state index is 13.1. The Balaban J connectivity index is 1.67. The van der Waals surface area contributed by atoms with Crippen molar-refractivity contribution in [3.63, 3.8) is 0 Å². The molecule has 0 aromatic heterocycles. The number of nitrogens with one attached hydrogen (secondary N) is 2. The molecule has 0 aliphatic carbocycles. The molecule has 122 valence electrons. The highest BCUT2D eigenvalue weighted by Gasteiger charge is 2.04. The monoisotopic (exact) mass is 352 g/mol. The predicted molar refractivity (Wildman–Crippen MR) is 97.9 cm³/mol. The molecule has 0 atom stereocenters. The zero-order valence-electron chi connectivity index (χ0n) is 12.7. The molecule has 0 aliphatic rings. The summed E-state index contributed by atoms with van der Waals surface area (Å²) in [5.74, 6) is 0.0830. The Labute approximate surface area is 144 Å². The molecule has 2 aromatic rings. The Kier molecular flexibility index (Phi) is 6.80. The number of aryl methyl sites for hydroxylation is 1. The van der Waals surface area contributed by atoms with Crippen LogP contribution >= 0.6 is 24.0 Å². The smallest absolute Gasteiger partial charge is 0.170 e. The molecule has 0 aliphatic heterocycles. The minimum atomic E-state index is -0.897. The van der Waals surface area contributed by atoms with Gasteiger partial charge in [0.25, 0.3) is 0 Å². The summed E-state index contributed by atoms with van der Waals surface area (Å²) in [6.07, 6.45) is 0. The Morgan fingerprint density at radius 1 is 1.13 bits per heavy atom. The van der Waals surface area contributed by atoms with E-state index in [1.54, 1.807) is 0 Å². The summed E-state index contributed by atoms with van der Waals surface area (Å²) in [4.78, 5) is 0. The normalized spacial score (nSPS) is 10.4. The van der Waals surface area contributed by atoms with E-state index in [1.165, 1.54) is 17.2 Å². The van der Waals surface area contributed by atoms with E-state index in [2.05, 4.69) is 29.7 Å². The lowest BCUT2D eigenvalue weighted by Crippen LogP contribution is -2.30. The van der Waals surface area contributed by atoms with Gasteiger partial charge in [-0.25, -0.2) is 8.78 Å². The van der Waals surface area contributed by atoms with Gasteiger partial charge in [-0.3, -0.25) is 0 Å². The molecule has 2 rings (SSSR count). The van der Waals surface area contributed by atoms with Gasteiger partial charge in [0.1, 0.15) is 0 Å². The van der Waals surface area contributed by atoms with Crippen molar-refractivity contribution in [1.29, 1.82) is 0 Å². The van der Waals surface area contributed by atoms with Crippen LogP contribution in [0.15, 0.2) is 42.5 Å². The zero-order chi connectivity index (χ0) is 16.7. The lowest BCUT2D eigenvalue weighted by atomic mass is 10.1. The van der Waals surface area contributed by atoms with Crippen LogP contribution in [0.5, 0.6) is 0 Å². The number of anilines is 1. The van der Waals surface area contributed by atoms with Crippen LogP contribution in [0.4, 0.5) is 14.5 Å². The lowest BCUT2D eigenvalue weighted by Gasteiger charge is -2.11. The summed E-state index contributed by atoms with van der Waals surface area (Å²) in [5, 5.41) is 6.28. The van der Waals surface area contributed by atoms with Gasteiger partial charge in [-0.2, -0.15) is 11.8 Å². The zero-order valence-corrected chi connectivity index (χ0v) is 14.4. The van der Waals surface area contributed by atoms with Gasteiger partial charge in [-0.1, -0.05) is 24.3 Å². The number of hydrogen-bond acceptors (Lipinski definition) is 2. The fourth-order valence-corrected chi connectivity index (χ4v) is 3.09. The molecular formula is C17H18F2N2S2. The van der Waals surface area contributed by atoms with Gasteiger partial charge >= 0.3 is 0 Å². The fourth-order valence-electron chi connectivity index (χ4n) is 1.94. The average molecular weight is 352 g/mol. The highest BCUT2D eigenvalue weighted by molar-refractivity contribution is 7.98. The van der Waals surface area contributed by atoms with Crippen molar-refractivity contribution >= 4 is 34.8 Å². The maximum absolute atomic E-state index is 13.1. The van der Waals surface area contributed by atoms with Crippen LogP contribution in [-0.2, 0) is 5.75 Å². The maximum Gasteiger partial charge on any atom is 0.170 e. The molecule has 0 fully saturated rings. The van der Waals surface area contributed by atoms with Crippen LogP contribution < -0.4 is 10.6 Å². The van der Waals surface area contributed by atoms with Gasteiger partial charge in [0.15, 0.2) is 16.7 Å². The second-order valence-corrected chi connectivity index (χ2v) is 6.50. The third-order valence-corrected chi connectivity index (χ3v) is 4.48. The summed E-state index contributed by atoms with van der Waals surface area (Å²) in [6, 6.07) is 11.9. The predicted octanol–water partition coefficient (Wildman–Crippen LogP) is 4.49. The molecule has 2 N–H and O–H groups in total. The summed E-state index contributed by atoms with van der Waals surface area (Å²) in [6.45, 7) is 2.81. The van der Waals surface area contributed by atoms with E-state index in [9.17, 15) is 8.78 Å². The first-order valence-electron chi connectivity index (χ1n) is 7.18. The van der Waals surface area contributed by atoms with Crippen LogP contribution in [0.3, 0.4) is 0 Å². The van der Waals surface area contributed by atoms with Gasteiger partial charge in [-0.05, 0) is 42.4 Å². The highest BCUT2D eigenvalue weighted by Crippen LogP contribution is 2.15. The van der Waals surface area contributed by atoms with Gasteiger partial charge < -0.3 is 10.6 Å². The van der Waals surface area contributed by atoms with Gasteiger partial charge in [0.05, 0.1) is 0 Å². The van der Waals surface area contributed by atoms with E-state index in [4.69, 9.17) is 12.2 Å². The minimum absolute atomic E-state index is 0.396. The number of benzene rings is 2. The van der Waals surface area contributed by atoms with Crippen molar-refractivity contribution in [2.24, 2.45) is 0 Å². The first kappa shape index (κ1) is 17.7. The number of thioether (sulfide) groups is 1. The Bertz CT molecular complexity index is 677. The van der Waals surface area contributed by atoms with E-state index in [-0.39, 0.29) is 0 Å². The number of thiocarbonyl (C=S) groups is 1. The average Bonchev–Trinajstić information content (AvgIpc) is 2.52. The third-order valence-electron chi connectivity index (χ3n) is 3.23. The highest BCUT2D eigenvalue weighted by atomic mass is 32.2. The van der Waals surface area contributed by atoms with Crippen LogP contribution in [0, 0.1) is 18.6 Å². The molecule has 0 radical (unpaired) electrons. The van der Waals surface area contributed by atoms with Crippen molar-refractivity contribution in [2.75, 3.05) is 17.6 Å². The second-order valence-electron chi connectivity index (χ2n) is 4.99. The Hall–Kier alpha value is -1.66. The molecule has 0 amide bonds. The van der Waals surface area contributed by atoms with Crippen LogP contribution in [0.1, 0.15) is 11.1 Å². The largest absolute Gasteiger partial charge is 0.362 e. The number of rotatable bonds is 6. The van der Waals surface area contributed by atoms with Crippen molar-refractivity contribution in [1.82, 2.24) is 5.32 Å². The molecule has 0 bridgehead atoms. The fraction of sp³-hybridized carbons (Fsp3) is 0.235. The summed E-state index contributed by atoms with van der Waals surface area (Å²) >= 11 is 6.94. The minimum Gasteiger partial charge on any atom is -0.362 e. The van der Waals surface area contributed by atoms with Gasteiger partial charge in [-0.15, -0.1) is 0 Å². The molecule has 0 saturated carbocycles. The van der Waals surface area contributed by atoms with Crippen molar-refractivity contribution in [3.8, 4) is 0 Å². The summed E-state index contributed by atoms with van der Waals surface area (Å²) in [5.41, 5.74) is 3.05. The van der Waals surface area contributed by atoms with Crippen molar-refractivity contribution in [2.45, 2.75) is 12.7 Å². The van der Waals surface area contributed by atoms with Crippen molar-refractivity contribution in [3.05, 3.63) is 65.2 Å². The summed E-state index contributed by atoms with van der Waals surface area (Å²) < 4.78 is 25.9.